The van der Waals surface area contributed by atoms with Crippen molar-refractivity contribution < 1.29 is 9.59 Å². The van der Waals surface area contributed by atoms with Crippen molar-refractivity contribution in [2.45, 2.75) is 32.6 Å². The molecule has 0 saturated heterocycles. The van der Waals surface area contributed by atoms with E-state index in [9.17, 15) is 9.59 Å². The summed E-state index contributed by atoms with van der Waals surface area (Å²) in [7, 11) is 0. The largest absolute Gasteiger partial charge is 0.272 e. The standard InChI is InChI=1S/C26H23NO2S/c1-16-10-11-18(3)22(14-16)27-25(28)23(20-13-12-17(2)19(4)15-20)24(26(27)29)30-21-8-6-5-7-9-21/h5-15H,1-4H3. The molecule has 0 spiro atoms. The molecule has 0 aliphatic carbocycles. The Bertz CT molecular complexity index is 1190. The van der Waals surface area contributed by atoms with Crippen molar-refractivity contribution in [3.63, 3.8) is 0 Å². The number of amides is 2. The Balaban J connectivity index is 1.88. The van der Waals surface area contributed by atoms with E-state index < -0.39 is 0 Å². The molecule has 0 radical (unpaired) electrons. The molecule has 150 valence electrons. The van der Waals surface area contributed by atoms with Crippen LogP contribution in [0, 0.1) is 27.7 Å². The fraction of sp³-hybridized carbons (Fsp3) is 0.154. The van der Waals surface area contributed by atoms with Crippen LogP contribution in [0.4, 0.5) is 5.69 Å². The number of anilines is 1. The van der Waals surface area contributed by atoms with Crippen LogP contribution in [0.2, 0.25) is 0 Å². The minimum atomic E-state index is -0.268. The Hall–Kier alpha value is -3.11. The summed E-state index contributed by atoms with van der Waals surface area (Å²) >= 11 is 1.35. The van der Waals surface area contributed by atoms with E-state index in [0.29, 0.717) is 16.2 Å². The van der Waals surface area contributed by atoms with Gasteiger partial charge in [0.15, 0.2) is 0 Å². The summed E-state index contributed by atoms with van der Waals surface area (Å²) in [4.78, 5) is 29.9. The van der Waals surface area contributed by atoms with E-state index in [2.05, 4.69) is 0 Å². The van der Waals surface area contributed by atoms with Crippen LogP contribution >= 0.6 is 11.8 Å². The van der Waals surface area contributed by atoms with Crippen LogP contribution < -0.4 is 4.90 Å². The van der Waals surface area contributed by atoms with E-state index in [1.54, 1.807) is 0 Å². The Kier molecular flexibility index (Phi) is 5.35. The summed E-state index contributed by atoms with van der Waals surface area (Å²) in [6.45, 7) is 7.95. The van der Waals surface area contributed by atoms with Crippen molar-refractivity contribution in [3.05, 3.63) is 99.5 Å². The molecule has 3 aromatic rings. The van der Waals surface area contributed by atoms with Gasteiger partial charge in [0, 0.05) is 4.90 Å². The highest BCUT2D eigenvalue weighted by molar-refractivity contribution is 8.04. The molecule has 30 heavy (non-hydrogen) atoms. The number of carbonyl (C=O) groups excluding carboxylic acids is 2. The number of imide groups is 1. The van der Waals surface area contributed by atoms with Gasteiger partial charge in [-0.2, -0.15) is 0 Å². The predicted octanol–water partition coefficient (Wildman–Crippen LogP) is 6.00. The maximum atomic E-state index is 13.6. The molecule has 1 aliphatic rings. The molecule has 0 saturated carbocycles. The molecule has 2 amide bonds. The molecule has 0 bridgehead atoms. The van der Waals surface area contributed by atoms with E-state index in [1.807, 2.05) is 94.4 Å². The molecule has 0 unspecified atom stereocenters. The predicted molar refractivity (Wildman–Crippen MR) is 124 cm³/mol. The number of benzene rings is 3. The number of aryl methyl sites for hydroxylation is 4. The summed E-state index contributed by atoms with van der Waals surface area (Å²) in [6.07, 6.45) is 0. The van der Waals surface area contributed by atoms with E-state index in [1.165, 1.54) is 16.7 Å². The molecule has 1 heterocycles. The second-order valence-corrected chi connectivity index (χ2v) is 8.74. The first-order chi connectivity index (χ1) is 14.4. The summed E-state index contributed by atoms with van der Waals surface area (Å²) in [5.41, 5.74) is 6.05. The Labute approximate surface area is 181 Å². The second-order valence-electron chi connectivity index (χ2n) is 7.65. The molecule has 0 N–H and O–H groups in total. The van der Waals surface area contributed by atoms with E-state index in [-0.39, 0.29) is 11.8 Å². The van der Waals surface area contributed by atoms with E-state index in [0.717, 1.165) is 32.7 Å². The van der Waals surface area contributed by atoms with Crippen LogP contribution in [0.5, 0.6) is 0 Å². The number of nitrogens with zero attached hydrogens (tertiary/aromatic N) is 1. The average molecular weight is 414 g/mol. The van der Waals surface area contributed by atoms with Crippen molar-refractivity contribution in [2.75, 3.05) is 4.90 Å². The summed E-state index contributed by atoms with van der Waals surface area (Å²) in [5, 5.41) is 0. The van der Waals surface area contributed by atoms with Crippen molar-refractivity contribution in [2.24, 2.45) is 0 Å². The van der Waals surface area contributed by atoms with Gasteiger partial charge in [0.2, 0.25) is 0 Å². The Morgan fingerprint density at radius 2 is 1.40 bits per heavy atom. The van der Waals surface area contributed by atoms with Crippen LogP contribution in [0.25, 0.3) is 5.57 Å². The molecular weight excluding hydrogens is 390 g/mol. The van der Waals surface area contributed by atoms with Crippen molar-refractivity contribution in [3.8, 4) is 0 Å². The van der Waals surface area contributed by atoms with Gasteiger partial charge < -0.3 is 0 Å². The third-order valence-electron chi connectivity index (χ3n) is 5.41. The second kappa shape index (κ2) is 7.96. The molecule has 3 nitrogen and oxygen atoms in total. The van der Waals surface area contributed by atoms with Crippen LogP contribution in [-0.2, 0) is 9.59 Å². The van der Waals surface area contributed by atoms with Gasteiger partial charge in [-0.05, 0) is 73.7 Å². The summed E-state index contributed by atoms with van der Waals surface area (Å²) < 4.78 is 0. The highest BCUT2D eigenvalue weighted by atomic mass is 32.2. The zero-order valence-corrected chi connectivity index (χ0v) is 18.3. The van der Waals surface area contributed by atoms with Gasteiger partial charge in [-0.25, -0.2) is 4.90 Å². The monoisotopic (exact) mass is 413 g/mol. The van der Waals surface area contributed by atoms with Gasteiger partial charge in [0.1, 0.15) is 0 Å². The fourth-order valence-electron chi connectivity index (χ4n) is 3.54. The smallest absolute Gasteiger partial charge is 0.268 e. The number of thioether (sulfide) groups is 1. The third kappa shape index (κ3) is 3.59. The molecule has 0 aromatic heterocycles. The van der Waals surface area contributed by atoms with Crippen LogP contribution in [0.15, 0.2) is 76.5 Å². The zero-order chi connectivity index (χ0) is 21.4. The van der Waals surface area contributed by atoms with Crippen molar-refractivity contribution in [1.29, 1.82) is 0 Å². The van der Waals surface area contributed by atoms with E-state index in [4.69, 9.17) is 0 Å². The molecule has 4 rings (SSSR count). The number of hydrogen-bond acceptors (Lipinski definition) is 3. The first-order valence-electron chi connectivity index (χ1n) is 9.87. The van der Waals surface area contributed by atoms with Crippen LogP contribution in [0.3, 0.4) is 0 Å². The maximum Gasteiger partial charge on any atom is 0.272 e. The minimum absolute atomic E-state index is 0.268. The van der Waals surface area contributed by atoms with Crippen LogP contribution in [-0.4, -0.2) is 11.8 Å². The third-order valence-corrected chi connectivity index (χ3v) is 6.50. The van der Waals surface area contributed by atoms with Crippen LogP contribution in [0.1, 0.15) is 27.8 Å². The molecular formula is C26H23NO2S. The zero-order valence-electron chi connectivity index (χ0n) is 17.5. The average Bonchev–Trinajstić information content (AvgIpc) is 2.96. The van der Waals surface area contributed by atoms with Gasteiger partial charge in [-0.15, -0.1) is 0 Å². The number of hydrogen-bond donors (Lipinski definition) is 0. The lowest BCUT2D eigenvalue weighted by Gasteiger charge is -2.18. The van der Waals surface area contributed by atoms with Gasteiger partial charge in [-0.1, -0.05) is 60.3 Å². The van der Waals surface area contributed by atoms with Gasteiger partial charge in [-0.3, -0.25) is 9.59 Å². The lowest BCUT2D eigenvalue weighted by atomic mass is 10.0. The normalized spacial score (nSPS) is 14.1. The first-order valence-corrected chi connectivity index (χ1v) is 10.7. The Morgan fingerprint density at radius 1 is 0.700 bits per heavy atom. The molecule has 1 aliphatic heterocycles. The number of rotatable bonds is 4. The summed E-state index contributed by atoms with van der Waals surface area (Å²) in [5.74, 6) is -0.536. The molecule has 0 atom stereocenters. The van der Waals surface area contributed by atoms with Crippen molar-refractivity contribution >= 4 is 34.8 Å². The van der Waals surface area contributed by atoms with Gasteiger partial charge in [0.05, 0.1) is 16.2 Å². The minimum Gasteiger partial charge on any atom is -0.268 e. The van der Waals surface area contributed by atoms with Crippen molar-refractivity contribution in [1.82, 2.24) is 0 Å². The first kappa shape index (κ1) is 20.2. The highest BCUT2D eigenvalue weighted by Crippen LogP contribution is 2.42. The summed E-state index contributed by atoms with van der Waals surface area (Å²) in [6, 6.07) is 21.5. The highest BCUT2D eigenvalue weighted by Gasteiger charge is 2.41. The van der Waals surface area contributed by atoms with E-state index >= 15 is 0 Å². The molecule has 3 aromatic carbocycles. The Morgan fingerprint density at radius 3 is 2.10 bits per heavy atom. The van der Waals surface area contributed by atoms with Gasteiger partial charge >= 0.3 is 0 Å². The SMILES string of the molecule is Cc1ccc(C)c(N2C(=O)C(Sc3ccccc3)=C(c3ccc(C)c(C)c3)C2=O)c1. The lowest BCUT2D eigenvalue weighted by Crippen LogP contribution is -2.32. The fourth-order valence-corrected chi connectivity index (χ4v) is 4.56. The number of carbonyl (C=O) groups is 2. The molecule has 0 fully saturated rings. The topological polar surface area (TPSA) is 37.4 Å². The molecule has 4 heteroatoms. The maximum absolute atomic E-state index is 13.6. The van der Waals surface area contributed by atoms with Gasteiger partial charge in [0.25, 0.3) is 11.8 Å². The lowest BCUT2D eigenvalue weighted by molar-refractivity contribution is -0.119. The quantitative estimate of drug-likeness (QED) is 0.493.